The van der Waals surface area contributed by atoms with Crippen molar-refractivity contribution in [3.05, 3.63) is 89.9 Å². The lowest BCUT2D eigenvalue weighted by atomic mass is 10.2. The largest absolute Gasteiger partial charge is 0.459 e. The van der Waals surface area contributed by atoms with Gasteiger partial charge in [-0.25, -0.2) is 4.39 Å². The monoisotopic (exact) mass is 465 g/mol. The molecule has 2 aromatic heterocycles. The van der Waals surface area contributed by atoms with Crippen LogP contribution in [0, 0.1) is 12.7 Å². The Morgan fingerprint density at radius 1 is 1.09 bits per heavy atom. The summed E-state index contributed by atoms with van der Waals surface area (Å²) in [5.74, 6) is -0.307. The quantitative estimate of drug-likeness (QED) is 0.382. The van der Waals surface area contributed by atoms with Crippen LogP contribution in [0.1, 0.15) is 21.9 Å². The molecule has 2 heterocycles. The van der Waals surface area contributed by atoms with Crippen LogP contribution < -0.4 is 10.6 Å². The minimum Gasteiger partial charge on any atom is -0.459 e. The Hall–Kier alpha value is -3.92. The molecule has 4 aromatic rings. The minimum atomic E-state index is -0.402. The van der Waals surface area contributed by atoms with Crippen molar-refractivity contribution in [2.45, 2.75) is 18.6 Å². The third-order valence-electron chi connectivity index (χ3n) is 4.57. The SMILES string of the molecule is Cc1cccc(NC(=O)CSc2nnc(CNC(=O)c3ccco3)n2-c2ccc(F)cc2)c1. The van der Waals surface area contributed by atoms with Gasteiger partial charge in [0.15, 0.2) is 16.7 Å². The summed E-state index contributed by atoms with van der Waals surface area (Å²) in [5.41, 5.74) is 2.35. The molecule has 2 amide bonds. The number of aryl methyl sites for hydroxylation is 1. The summed E-state index contributed by atoms with van der Waals surface area (Å²) in [6, 6.07) is 16.5. The standard InChI is InChI=1S/C23H20FN5O3S/c1-15-4-2-5-17(12-15)26-21(30)14-33-23-28-27-20(13-25-22(31)19-6-3-11-32-19)29(23)18-9-7-16(24)8-10-18/h2-12H,13-14H2,1H3,(H,25,31)(H,26,30). The van der Waals surface area contributed by atoms with Crippen molar-refractivity contribution >= 4 is 29.3 Å². The number of nitrogens with zero attached hydrogens (tertiary/aromatic N) is 3. The second-order valence-corrected chi connectivity index (χ2v) is 8.02. The molecule has 2 N–H and O–H groups in total. The van der Waals surface area contributed by atoms with Crippen LogP contribution in [0.4, 0.5) is 10.1 Å². The van der Waals surface area contributed by atoms with E-state index in [-0.39, 0.29) is 29.8 Å². The maximum Gasteiger partial charge on any atom is 0.287 e. The molecule has 0 fully saturated rings. The zero-order valence-corrected chi connectivity index (χ0v) is 18.4. The van der Waals surface area contributed by atoms with E-state index >= 15 is 0 Å². The molecule has 0 aliphatic heterocycles. The average Bonchev–Trinajstić information content (AvgIpc) is 3.47. The number of furan rings is 1. The summed E-state index contributed by atoms with van der Waals surface area (Å²) in [7, 11) is 0. The maximum absolute atomic E-state index is 13.5. The number of hydrogen-bond donors (Lipinski definition) is 2. The van der Waals surface area contributed by atoms with Crippen molar-refractivity contribution in [3.8, 4) is 5.69 Å². The van der Waals surface area contributed by atoms with Gasteiger partial charge in [-0.05, 0) is 61.0 Å². The molecule has 33 heavy (non-hydrogen) atoms. The number of carbonyl (C=O) groups excluding carboxylic acids is 2. The third kappa shape index (κ3) is 5.66. The lowest BCUT2D eigenvalue weighted by Crippen LogP contribution is -2.24. The van der Waals surface area contributed by atoms with Gasteiger partial charge in [0.25, 0.3) is 5.91 Å². The van der Waals surface area contributed by atoms with Gasteiger partial charge in [0.2, 0.25) is 5.91 Å². The average molecular weight is 466 g/mol. The Balaban J connectivity index is 1.50. The first-order valence-corrected chi connectivity index (χ1v) is 11.0. The summed E-state index contributed by atoms with van der Waals surface area (Å²) in [6.45, 7) is 2.00. The molecule has 0 aliphatic rings. The number of hydrogen-bond acceptors (Lipinski definition) is 6. The van der Waals surface area contributed by atoms with E-state index in [1.54, 1.807) is 28.8 Å². The van der Waals surface area contributed by atoms with Crippen LogP contribution in [0.5, 0.6) is 0 Å². The molecule has 10 heteroatoms. The fourth-order valence-electron chi connectivity index (χ4n) is 3.06. The molecule has 0 radical (unpaired) electrons. The first-order chi connectivity index (χ1) is 16.0. The van der Waals surface area contributed by atoms with Gasteiger partial charge in [-0.1, -0.05) is 23.9 Å². The predicted octanol–water partition coefficient (Wildman–Crippen LogP) is 3.97. The summed E-state index contributed by atoms with van der Waals surface area (Å²) >= 11 is 1.18. The van der Waals surface area contributed by atoms with E-state index in [1.807, 2.05) is 31.2 Å². The highest BCUT2D eigenvalue weighted by molar-refractivity contribution is 7.99. The molecule has 0 saturated carbocycles. The number of halogens is 1. The Morgan fingerprint density at radius 2 is 1.91 bits per heavy atom. The fraction of sp³-hybridized carbons (Fsp3) is 0.130. The van der Waals surface area contributed by atoms with Crippen LogP contribution in [-0.2, 0) is 11.3 Å². The van der Waals surface area contributed by atoms with Crippen molar-refractivity contribution in [1.29, 1.82) is 0 Å². The number of thioether (sulfide) groups is 1. The van der Waals surface area contributed by atoms with E-state index in [4.69, 9.17) is 4.42 Å². The Labute approximate surface area is 193 Å². The van der Waals surface area contributed by atoms with Crippen LogP contribution in [0.15, 0.2) is 76.5 Å². The van der Waals surface area contributed by atoms with Crippen molar-refractivity contribution in [2.24, 2.45) is 0 Å². The van der Waals surface area contributed by atoms with Gasteiger partial charge in [-0.3, -0.25) is 14.2 Å². The fourth-order valence-corrected chi connectivity index (χ4v) is 3.83. The number of anilines is 1. The normalized spacial score (nSPS) is 10.7. The lowest BCUT2D eigenvalue weighted by molar-refractivity contribution is -0.113. The van der Waals surface area contributed by atoms with E-state index in [2.05, 4.69) is 20.8 Å². The van der Waals surface area contributed by atoms with Crippen LogP contribution in [0.25, 0.3) is 5.69 Å². The molecule has 0 saturated heterocycles. The highest BCUT2D eigenvalue weighted by atomic mass is 32.2. The highest BCUT2D eigenvalue weighted by Gasteiger charge is 2.18. The summed E-state index contributed by atoms with van der Waals surface area (Å²) < 4.78 is 20.2. The smallest absolute Gasteiger partial charge is 0.287 e. The third-order valence-corrected chi connectivity index (χ3v) is 5.50. The first-order valence-electron chi connectivity index (χ1n) is 10.0. The molecule has 0 bridgehead atoms. The lowest BCUT2D eigenvalue weighted by Gasteiger charge is -2.11. The van der Waals surface area contributed by atoms with Crippen molar-refractivity contribution in [3.63, 3.8) is 0 Å². The van der Waals surface area contributed by atoms with Crippen LogP contribution in [-0.4, -0.2) is 32.3 Å². The number of rotatable bonds is 8. The van der Waals surface area contributed by atoms with E-state index in [0.717, 1.165) is 5.56 Å². The van der Waals surface area contributed by atoms with Crippen LogP contribution >= 0.6 is 11.8 Å². The summed E-state index contributed by atoms with van der Waals surface area (Å²) in [6.07, 6.45) is 1.41. The van der Waals surface area contributed by atoms with Gasteiger partial charge in [-0.2, -0.15) is 0 Å². The van der Waals surface area contributed by atoms with Crippen molar-refractivity contribution in [1.82, 2.24) is 20.1 Å². The van der Waals surface area contributed by atoms with Gasteiger partial charge < -0.3 is 15.1 Å². The molecule has 0 aliphatic carbocycles. The molecule has 2 aromatic carbocycles. The molecule has 0 spiro atoms. The predicted molar refractivity (Wildman–Crippen MR) is 122 cm³/mol. The molecule has 0 atom stereocenters. The second kappa shape index (κ2) is 10.1. The number of aromatic nitrogens is 3. The molecule has 0 unspecified atom stereocenters. The van der Waals surface area contributed by atoms with Gasteiger partial charge in [0, 0.05) is 11.4 Å². The highest BCUT2D eigenvalue weighted by Crippen LogP contribution is 2.23. The molecule has 168 valence electrons. The van der Waals surface area contributed by atoms with E-state index < -0.39 is 5.91 Å². The molecule has 8 nitrogen and oxygen atoms in total. The van der Waals surface area contributed by atoms with E-state index in [1.165, 1.54) is 30.2 Å². The molecular formula is C23H20FN5O3S. The minimum absolute atomic E-state index is 0.0555. The van der Waals surface area contributed by atoms with Gasteiger partial charge in [0.05, 0.1) is 18.6 Å². The van der Waals surface area contributed by atoms with Crippen molar-refractivity contribution < 1.29 is 18.4 Å². The van der Waals surface area contributed by atoms with E-state index in [9.17, 15) is 14.0 Å². The second-order valence-electron chi connectivity index (χ2n) is 7.08. The summed E-state index contributed by atoms with van der Waals surface area (Å²) in [5, 5.41) is 14.3. The first kappa shape index (κ1) is 22.3. The van der Waals surface area contributed by atoms with Crippen LogP contribution in [0.3, 0.4) is 0 Å². The van der Waals surface area contributed by atoms with Crippen molar-refractivity contribution in [2.75, 3.05) is 11.1 Å². The van der Waals surface area contributed by atoms with Gasteiger partial charge >= 0.3 is 0 Å². The zero-order chi connectivity index (χ0) is 23.2. The number of nitrogens with one attached hydrogen (secondary N) is 2. The summed E-state index contributed by atoms with van der Waals surface area (Å²) in [4.78, 5) is 24.7. The number of carbonyl (C=O) groups is 2. The zero-order valence-electron chi connectivity index (χ0n) is 17.6. The molecular weight excluding hydrogens is 445 g/mol. The number of benzene rings is 2. The topological polar surface area (TPSA) is 102 Å². The molecule has 4 rings (SSSR count). The van der Waals surface area contributed by atoms with Gasteiger partial charge in [0.1, 0.15) is 5.82 Å². The Morgan fingerprint density at radius 3 is 2.64 bits per heavy atom. The Bertz CT molecular complexity index is 1260. The Kier molecular flexibility index (Phi) is 6.84. The van der Waals surface area contributed by atoms with E-state index in [0.29, 0.717) is 22.4 Å². The van der Waals surface area contributed by atoms with Gasteiger partial charge in [-0.15, -0.1) is 10.2 Å². The number of amides is 2. The maximum atomic E-state index is 13.5. The van der Waals surface area contributed by atoms with Crippen LogP contribution in [0.2, 0.25) is 0 Å².